The maximum atomic E-state index is 4.26. The number of hydrogen-bond acceptors (Lipinski definition) is 2. The second-order valence-electron chi connectivity index (χ2n) is 3.77. The second-order valence-corrected chi connectivity index (χ2v) is 4.62. The lowest BCUT2D eigenvalue weighted by molar-refractivity contribution is 0.861. The van der Waals surface area contributed by atoms with Gasteiger partial charge in [-0.25, -0.2) is 4.98 Å². The smallest absolute Gasteiger partial charge is 0.140 e. The van der Waals surface area contributed by atoms with E-state index in [0.717, 1.165) is 23.3 Å². The first kappa shape index (κ1) is 10.7. The molecule has 1 N–H and O–H groups in total. The number of hydrogen-bond donors (Lipinski definition) is 1. The fourth-order valence-corrected chi connectivity index (χ4v) is 2.22. The number of nitrogens with one attached hydrogen (secondary N) is 1. The van der Waals surface area contributed by atoms with Crippen LogP contribution in [-0.4, -0.2) is 11.5 Å². The van der Waals surface area contributed by atoms with Gasteiger partial charge in [0.15, 0.2) is 0 Å². The Morgan fingerprint density at radius 3 is 3.13 bits per heavy atom. The Balaban J connectivity index is 1.80. The van der Waals surface area contributed by atoms with Gasteiger partial charge in [-0.3, -0.25) is 0 Å². The summed E-state index contributed by atoms with van der Waals surface area (Å²) in [5.41, 5.74) is 1.59. The minimum Gasteiger partial charge on any atom is -0.369 e. The van der Waals surface area contributed by atoms with Gasteiger partial charge in [0.05, 0.1) is 4.47 Å². The van der Waals surface area contributed by atoms with Crippen LogP contribution in [0.5, 0.6) is 0 Å². The van der Waals surface area contributed by atoms with Gasteiger partial charge in [-0.05, 0) is 53.7 Å². The Hall–Kier alpha value is -0.830. The molecule has 0 amide bonds. The summed E-state index contributed by atoms with van der Waals surface area (Å²) in [5.74, 6) is 0.941. The monoisotopic (exact) mass is 266 g/mol. The minimum absolute atomic E-state index is 0.941. The van der Waals surface area contributed by atoms with Crippen molar-refractivity contribution in [3.8, 4) is 0 Å². The number of pyridine rings is 1. The molecule has 0 fully saturated rings. The van der Waals surface area contributed by atoms with Crippen molar-refractivity contribution < 1.29 is 0 Å². The van der Waals surface area contributed by atoms with Crippen LogP contribution in [0.3, 0.4) is 0 Å². The average molecular weight is 267 g/mol. The molecule has 0 aliphatic heterocycles. The number of anilines is 1. The molecule has 3 heteroatoms. The van der Waals surface area contributed by atoms with Crippen LogP contribution in [0.15, 0.2) is 34.5 Å². The van der Waals surface area contributed by atoms with Crippen molar-refractivity contribution in [3.63, 3.8) is 0 Å². The highest BCUT2D eigenvalue weighted by Gasteiger charge is 2.04. The van der Waals surface area contributed by atoms with E-state index in [1.165, 1.54) is 19.3 Å². The Labute approximate surface area is 98.9 Å². The summed E-state index contributed by atoms with van der Waals surface area (Å²) in [5, 5.41) is 3.34. The molecule has 0 atom stereocenters. The minimum atomic E-state index is 0.941. The highest BCUT2D eigenvalue weighted by molar-refractivity contribution is 9.10. The first-order valence-electron chi connectivity index (χ1n) is 5.38. The van der Waals surface area contributed by atoms with Crippen molar-refractivity contribution in [1.29, 1.82) is 0 Å². The van der Waals surface area contributed by atoms with Crippen LogP contribution in [0.25, 0.3) is 0 Å². The molecule has 1 aromatic rings. The van der Waals surface area contributed by atoms with E-state index in [1.807, 2.05) is 18.3 Å². The summed E-state index contributed by atoms with van der Waals surface area (Å²) < 4.78 is 1.03. The SMILES string of the molecule is Brc1cccnc1NCCC1=CCCC1. The predicted molar refractivity (Wildman–Crippen MR) is 67.0 cm³/mol. The standard InChI is InChI=1S/C12H15BrN2/c13-11-6-3-8-14-12(11)15-9-7-10-4-1-2-5-10/h3-4,6,8H,1-2,5,7,9H2,(H,14,15). The van der Waals surface area contributed by atoms with Crippen LogP contribution in [0, 0.1) is 0 Å². The largest absolute Gasteiger partial charge is 0.369 e. The first-order chi connectivity index (χ1) is 7.36. The molecule has 0 radical (unpaired) electrons. The lowest BCUT2D eigenvalue weighted by Crippen LogP contribution is -2.04. The van der Waals surface area contributed by atoms with E-state index < -0.39 is 0 Å². The van der Waals surface area contributed by atoms with Crippen LogP contribution in [0.4, 0.5) is 5.82 Å². The van der Waals surface area contributed by atoms with Crippen LogP contribution in [0.2, 0.25) is 0 Å². The van der Waals surface area contributed by atoms with Crippen molar-refractivity contribution in [1.82, 2.24) is 4.98 Å². The molecule has 2 rings (SSSR count). The molecule has 0 saturated heterocycles. The van der Waals surface area contributed by atoms with Gasteiger partial charge in [0.1, 0.15) is 5.82 Å². The lowest BCUT2D eigenvalue weighted by Gasteiger charge is -2.07. The second kappa shape index (κ2) is 5.31. The van der Waals surface area contributed by atoms with E-state index in [2.05, 4.69) is 32.3 Å². The lowest BCUT2D eigenvalue weighted by atomic mass is 10.2. The third-order valence-corrected chi connectivity index (χ3v) is 3.27. The van der Waals surface area contributed by atoms with Gasteiger partial charge in [-0.15, -0.1) is 0 Å². The molecule has 1 aliphatic carbocycles. The zero-order valence-corrected chi connectivity index (χ0v) is 10.3. The van der Waals surface area contributed by atoms with Crippen LogP contribution in [0.1, 0.15) is 25.7 Å². The average Bonchev–Trinajstić information content (AvgIpc) is 2.74. The van der Waals surface area contributed by atoms with E-state index in [-0.39, 0.29) is 0 Å². The highest BCUT2D eigenvalue weighted by atomic mass is 79.9. The molecule has 80 valence electrons. The number of halogens is 1. The van der Waals surface area contributed by atoms with E-state index in [4.69, 9.17) is 0 Å². The topological polar surface area (TPSA) is 24.9 Å². The number of allylic oxidation sites excluding steroid dienone is 1. The van der Waals surface area contributed by atoms with Crippen LogP contribution in [-0.2, 0) is 0 Å². The normalized spacial score (nSPS) is 15.1. The third-order valence-electron chi connectivity index (χ3n) is 2.63. The predicted octanol–water partition coefficient (Wildman–Crippen LogP) is 3.76. The van der Waals surface area contributed by atoms with Gasteiger partial charge < -0.3 is 5.32 Å². The van der Waals surface area contributed by atoms with Gasteiger partial charge in [-0.1, -0.05) is 11.6 Å². The maximum absolute atomic E-state index is 4.26. The zero-order chi connectivity index (χ0) is 10.5. The van der Waals surface area contributed by atoms with E-state index >= 15 is 0 Å². The van der Waals surface area contributed by atoms with Gasteiger partial charge in [-0.2, -0.15) is 0 Å². The number of rotatable bonds is 4. The first-order valence-corrected chi connectivity index (χ1v) is 6.18. The van der Waals surface area contributed by atoms with Crippen LogP contribution >= 0.6 is 15.9 Å². The highest BCUT2D eigenvalue weighted by Crippen LogP contribution is 2.22. The molecule has 1 heterocycles. The van der Waals surface area contributed by atoms with Crippen LogP contribution < -0.4 is 5.32 Å². The van der Waals surface area contributed by atoms with Crippen molar-refractivity contribution in [2.24, 2.45) is 0 Å². The molecule has 0 unspecified atom stereocenters. The molecule has 0 saturated carbocycles. The molecular formula is C12H15BrN2. The fourth-order valence-electron chi connectivity index (χ4n) is 1.82. The van der Waals surface area contributed by atoms with Gasteiger partial charge >= 0.3 is 0 Å². The molecule has 1 aliphatic rings. The molecular weight excluding hydrogens is 252 g/mol. The summed E-state index contributed by atoms with van der Waals surface area (Å²) >= 11 is 3.47. The van der Waals surface area contributed by atoms with Crippen molar-refractivity contribution in [3.05, 3.63) is 34.5 Å². The summed E-state index contributed by atoms with van der Waals surface area (Å²) in [4.78, 5) is 4.26. The molecule has 15 heavy (non-hydrogen) atoms. The molecule has 2 nitrogen and oxygen atoms in total. The Kier molecular flexibility index (Phi) is 3.78. The van der Waals surface area contributed by atoms with Gasteiger partial charge in [0, 0.05) is 12.7 Å². The van der Waals surface area contributed by atoms with Crippen molar-refractivity contribution >= 4 is 21.7 Å². The Bertz CT molecular complexity index is 360. The summed E-state index contributed by atoms with van der Waals surface area (Å²) in [6.07, 6.45) is 9.20. The Morgan fingerprint density at radius 2 is 2.40 bits per heavy atom. The van der Waals surface area contributed by atoms with E-state index in [9.17, 15) is 0 Å². The third kappa shape index (κ3) is 3.06. The van der Waals surface area contributed by atoms with Crippen molar-refractivity contribution in [2.75, 3.05) is 11.9 Å². The summed E-state index contributed by atoms with van der Waals surface area (Å²) in [6, 6.07) is 3.93. The van der Waals surface area contributed by atoms with E-state index in [1.54, 1.807) is 5.57 Å². The van der Waals surface area contributed by atoms with Gasteiger partial charge in [0.25, 0.3) is 0 Å². The number of nitrogens with zero attached hydrogens (tertiary/aromatic N) is 1. The molecule has 0 aromatic carbocycles. The summed E-state index contributed by atoms with van der Waals surface area (Å²) in [6.45, 7) is 0.974. The molecule has 1 aromatic heterocycles. The quantitative estimate of drug-likeness (QED) is 0.840. The maximum Gasteiger partial charge on any atom is 0.140 e. The number of aromatic nitrogens is 1. The van der Waals surface area contributed by atoms with E-state index in [0.29, 0.717) is 0 Å². The zero-order valence-electron chi connectivity index (χ0n) is 8.67. The fraction of sp³-hybridized carbons (Fsp3) is 0.417. The summed E-state index contributed by atoms with van der Waals surface area (Å²) in [7, 11) is 0. The van der Waals surface area contributed by atoms with Gasteiger partial charge in [0.2, 0.25) is 0 Å². The van der Waals surface area contributed by atoms with Crippen molar-refractivity contribution in [2.45, 2.75) is 25.7 Å². The molecule has 0 bridgehead atoms. The Morgan fingerprint density at radius 1 is 1.47 bits per heavy atom. The molecule has 0 spiro atoms.